The normalized spacial score (nSPS) is 10.1. The number of rotatable bonds is 1. The Morgan fingerprint density at radius 2 is 1.03 bits per heavy atom. The molecule has 0 amide bonds. The van der Waals surface area contributed by atoms with Crippen LogP contribution in [0.3, 0.4) is 0 Å². The van der Waals surface area contributed by atoms with Gasteiger partial charge in [0.2, 0.25) is 0 Å². The molecule has 3 aromatic carbocycles. The van der Waals surface area contributed by atoms with Crippen LogP contribution in [0.1, 0.15) is 27.3 Å². The van der Waals surface area contributed by atoms with E-state index < -0.39 is 5.97 Å². The summed E-state index contributed by atoms with van der Waals surface area (Å²) in [5.41, 5.74) is 3.74. The predicted molar refractivity (Wildman–Crippen MR) is 136 cm³/mol. The smallest absolute Gasteiger partial charge is 0.336 e. The Hall–Kier alpha value is -4.65. The molecule has 2 heterocycles. The van der Waals surface area contributed by atoms with Gasteiger partial charge in [-0.3, -0.25) is 0 Å². The van der Waals surface area contributed by atoms with Crippen molar-refractivity contribution in [1.29, 1.82) is 0 Å². The molecule has 7 heteroatoms. The highest BCUT2D eigenvalue weighted by Gasteiger charge is 2.08. The van der Waals surface area contributed by atoms with Crippen LogP contribution < -0.4 is 0 Å². The highest BCUT2D eigenvalue weighted by molar-refractivity contribution is 5.90. The van der Waals surface area contributed by atoms with Crippen LogP contribution in [-0.4, -0.2) is 36.4 Å². The summed E-state index contributed by atoms with van der Waals surface area (Å²) >= 11 is 0. The zero-order valence-corrected chi connectivity index (χ0v) is 19.6. The van der Waals surface area contributed by atoms with Gasteiger partial charge in [0, 0.05) is 27.7 Å². The average Bonchev–Trinajstić information content (AvgIpc) is 2.83. The van der Waals surface area contributed by atoms with Gasteiger partial charge in [0.1, 0.15) is 28.3 Å². The number of para-hydroxylation sites is 2. The van der Waals surface area contributed by atoms with Crippen LogP contribution in [0.15, 0.2) is 78.9 Å². The van der Waals surface area contributed by atoms with Crippen molar-refractivity contribution in [2.24, 2.45) is 0 Å². The van der Waals surface area contributed by atoms with Crippen LogP contribution >= 0.6 is 0 Å². The third kappa shape index (κ3) is 6.23. The van der Waals surface area contributed by atoms with Gasteiger partial charge in [0.05, 0.1) is 5.56 Å². The lowest BCUT2D eigenvalue weighted by Gasteiger charge is -2.00. The van der Waals surface area contributed by atoms with E-state index >= 15 is 0 Å². The highest BCUT2D eigenvalue weighted by Crippen LogP contribution is 2.23. The molecule has 4 N–H and O–H groups in total. The minimum Gasteiger partial charge on any atom is -0.508 e. The topological polar surface area (TPSA) is 124 Å². The van der Waals surface area contributed by atoms with Gasteiger partial charge >= 0.3 is 5.97 Å². The maximum absolute atomic E-state index is 10.5. The van der Waals surface area contributed by atoms with Gasteiger partial charge < -0.3 is 20.4 Å². The maximum atomic E-state index is 10.5. The summed E-state index contributed by atoms with van der Waals surface area (Å²) < 4.78 is 0. The lowest BCUT2D eigenvalue weighted by atomic mass is 10.1. The van der Waals surface area contributed by atoms with Gasteiger partial charge in [-0.25, -0.2) is 14.8 Å². The van der Waals surface area contributed by atoms with E-state index in [4.69, 9.17) is 10.2 Å². The van der Waals surface area contributed by atoms with Crippen LogP contribution in [-0.2, 0) is 0 Å². The summed E-state index contributed by atoms with van der Waals surface area (Å²) in [6, 6.07) is 23.0. The molecule has 0 unspecified atom stereocenters. The number of carbonyl (C=O) groups is 1. The van der Waals surface area contributed by atoms with E-state index in [1.165, 1.54) is 18.2 Å². The molecule has 0 atom stereocenters. The fourth-order valence-electron chi connectivity index (χ4n) is 3.31. The second kappa shape index (κ2) is 11.0. The molecule has 0 aliphatic carbocycles. The Balaban J connectivity index is 0.000000147. The minimum absolute atomic E-state index is 0.0184. The summed E-state index contributed by atoms with van der Waals surface area (Å²) in [4.78, 5) is 18.9. The van der Waals surface area contributed by atoms with E-state index in [2.05, 4.69) is 9.97 Å². The van der Waals surface area contributed by atoms with E-state index in [0.717, 1.165) is 22.2 Å². The van der Waals surface area contributed by atoms with Crippen molar-refractivity contribution in [3.05, 3.63) is 101 Å². The fraction of sp³-hybridized carbons (Fsp3) is 0.107. The van der Waals surface area contributed by atoms with Gasteiger partial charge in [-0.05, 0) is 57.2 Å². The number of aromatic hydroxyl groups is 3. The number of phenols is 3. The van der Waals surface area contributed by atoms with Crippen molar-refractivity contribution in [1.82, 2.24) is 9.97 Å². The number of carboxylic acid groups (broad SMARTS) is 1. The number of benzene rings is 3. The Kier molecular flexibility index (Phi) is 7.84. The predicted octanol–water partition coefficient (Wildman–Crippen LogP) is 5.90. The van der Waals surface area contributed by atoms with Gasteiger partial charge in [-0.2, -0.15) is 0 Å². The first-order valence-electron chi connectivity index (χ1n) is 10.8. The van der Waals surface area contributed by atoms with Crippen molar-refractivity contribution in [2.75, 3.05) is 0 Å². The minimum atomic E-state index is -1.02. The van der Waals surface area contributed by atoms with Crippen molar-refractivity contribution >= 4 is 27.8 Å². The summed E-state index contributed by atoms with van der Waals surface area (Å²) in [6.45, 7) is 5.39. The molecule has 0 bridgehead atoms. The molecule has 5 rings (SSSR count). The first-order valence-corrected chi connectivity index (χ1v) is 10.8. The number of hydrogen-bond donors (Lipinski definition) is 4. The number of nitrogens with zero attached hydrogens (tertiary/aromatic N) is 2. The van der Waals surface area contributed by atoms with Crippen LogP contribution in [0.2, 0.25) is 0 Å². The molecular weight excluding hydrogens is 444 g/mol. The molecule has 178 valence electrons. The van der Waals surface area contributed by atoms with Crippen molar-refractivity contribution in [3.8, 4) is 17.2 Å². The Bertz CT molecular complexity index is 1420. The molecule has 0 aliphatic heterocycles. The van der Waals surface area contributed by atoms with Crippen LogP contribution in [0.4, 0.5) is 0 Å². The molecule has 0 saturated carbocycles. The number of aryl methyl sites for hydroxylation is 2. The average molecular weight is 471 g/mol. The van der Waals surface area contributed by atoms with E-state index in [0.29, 0.717) is 16.6 Å². The number of fused-ring (bicyclic) bond motifs is 2. The molecular formula is C28H26N2O5. The summed E-state index contributed by atoms with van der Waals surface area (Å²) in [6.07, 6.45) is 0. The molecule has 7 nitrogen and oxygen atoms in total. The van der Waals surface area contributed by atoms with Gasteiger partial charge in [-0.15, -0.1) is 0 Å². The first-order chi connectivity index (χ1) is 16.7. The van der Waals surface area contributed by atoms with E-state index in [9.17, 15) is 15.0 Å². The van der Waals surface area contributed by atoms with Gasteiger partial charge in [0.25, 0.3) is 0 Å². The Morgan fingerprint density at radius 1 is 0.600 bits per heavy atom. The lowest BCUT2D eigenvalue weighted by molar-refractivity contribution is 0.0695. The standard InChI is InChI=1S/2C10H9NO.C8H8O3/c2*1-7-5-6-8-3-2-4-9(12)10(8)11-7;1-5-6(8(10)11)3-2-4-7(5)9/h2*2-6,12H,1H3;2-4,9H,1H3,(H,10,11). The van der Waals surface area contributed by atoms with Crippen molar-refractivity contribution < 1.29 is 25.2 Å². The zero-order chi connectivity index (χ0) is 25.5. The monoisotopic (exact) mass is 470 g/mol. The van der Waals surface area contributed by atoms with E-state index in [1.54, 1.807) is 19.1 Å². The SMILES string of the molecule is Cc1c(O)cccc1C(=O)O.Cc1ccc2cccc(O)c2n1.Cc1ccc2cccc(O)c2n1. The quantitative estimate of drug-likeness (QED) is 0.241. The van der Waals surface area contributed by atoms with E-state index in [1.807, 2.05) is 62.4 Å². The number of pyridine rings is 2. The van der Waals surface area contributed by atoms with E-state index in [-0.39, 0.29) is 22.8 Å². The Labute approximate surface area is 202 Å². The largest absolute Gasteiger partial charge is 0.508 e. The zero-order valence-electron chi connectivity index (χ0n) is 19.6. The van der Waals surface area contributed by atoms with Crippen LogP contribution in [0, 0.1) is 20.8 Å². The maximum Gasteiger partial charge on any atom is 0.336 e. The summed E-state index contributed by atoms with van der Waals surface area (Å²) in [7, 11) is 0. The highest BCUT2D eigenvalue weighted by atomic mass is 16.4. The molecule has 0 radical (unpaired) electrons. The van der Waals surface area contributed by atoms with Crippen LogP contribution in [0.25, 0.3) is 21.8 Å². The van der Waals surface area contributed by atoms with Gasteiger partial charge in [-0.1, -0.05) is 42.5 Å². The first kappa shape index (κ1) is 25.0. The Morgan fingerprint density at radius 3 is 1.46 bits per heavy atom. The summed E-state index contributed by atoms with van der Waals surface area (Å²) in [5.74, 6) is -0.504. The lowest BCUT2D eigenvalue weighted by Crippen LogP contribution is -1.98. The number of carboxylic acids is 1. The second-order valence-electron chi connectivity index (χ2n) is 7.86. The van der Waals surface area contributed by atoms with Crippen LogP contribution in [0.5, 0.6) is 17.2 Å². The molecule has 35 heavy (non-hydrogen) atoms. The third-order valence-corrected chi connectivity index (χ3v) is 5.21. The molecule has 0 fully saturated rings. The summed E-state index contributed by atoms with van der Waals surface area (Å²) in [5, 5.41) is 38.5. The van der Waals surface area contributed by atoms with Crippen molar-refractivity contribution in [3.63, 3.8) is 0 Å². The van der Waals surface area contributed by atoms with Gasteiger partial charge in [0.15, 0.2) is 0 Å². The number of hydrogen-bond acceptors (Lipinski definition) is 6. The van der Waals surface area contributed by atoms with Crippen molar-refractivity contribution in [2.45, 2.75) is 20.8 Å². The second-order valence-corrected chi connectivity index (χ2v) is 7.86. The third-order valence-electron chi connectivity index (χ3n) is 5.21. The number of phenolic OH excluding ortho intramolecular Hbond substituents is 3. The molecule has 0 aliphatic rings. The molecule has 0 spiro atoms. The molecule has 2 aromatic heterocycles. The number of aromatic nitrogens is 2. The fourth-order valence-corrected chi connectivity index (χ4v) is 3.31. The molecule has 0 saturated heterocycles. The molecule has 5 aromatic rings. The number of aromatic carboxylic acids is 1.